The zero-order valence-corrected chi connectivity index (χ0v) is 24.0. The van der Waals surface area contributed by atoms with Crippen LogP contribution in [0.1, 0.15) is 115 Å². The minimum absolute atomic E-state index is 0.408. The highest BCUT2D eigenvalue weighted by Crippen LogP contribution is 2.45. The van der Waals surface area contributed by atoms with Gasteiger partial charge in [-0.2, -0.15) is 0 Å². The fraction of sp³-hybridized carbons (Fsp3) is 0.647. The Kier molecular flexibility index (Phi) is 9.07. The van der Waals surface area contributed by atoms with Crippen LogP contribution in [0.2, 0.25) is 0 Å². The van der Waals surface area contributed by atoms with E-state index >= 15 is 0 Å². The minimum Gasteiger partial charge on any atom is -0.493 e. The highest BCUT2D eigenvalue weighted by Gasteiger charge is 2.31. The van der Waals surface area contributed by atoms with Crippen molar-refractivity contribution in [2.75, 3.05) is 24.6 Å². The molecule has 2 heteroatoms. The highest BCUT2D eigenvalue weighted by atomic mass is 16.5. The topological polar surface area (TPSA) is 12.5 Å². The summed E-state index contributed by atoms with van der Waals surface area (Å²) in [6.45, 7) is 17.1. The summed E-state index contributed by atoms with van der Waals surface area (Å²) in [5.41, 5.74) is 6.39. The lowest BCUT2D eigenvalue weighted by molar-refractivity contribution is 0.222. The van der Waals surface area contributed by atoms with Gasteiger partial charge in [0.25, 0.3) is 0 Å². The first-order chi connectivity index (χ1) is 17.2. The second-order valence-electron chi connectivity index (χ2n) is 13.1. The van der Waals surface area contributed by atoms with Gasteiger partial charge in [0.1, 0.15) is 5.75 Å². The van der Waals surface area contributed by atoms with Gasteiger partial charge in [-0.05, 0) is 115 Å². The second-order valence-corrected chi connectivity index (χ2v) is 13.1. The van der Waals surface area contributed by atoms with Crippen molar-refractivity contribution in [3.05, 3.63) is 59.2 Å². The molecule has 0 radical (unpaired) electrons. The van der Waals surface area contributed by atoms with Gasteiger partial charge >= 0.3 is 0 Å². The third-order valence-corrected chi connectivity index (χ3v) is 8.51. The van der Waals surface area contributed by atoms with Gasteiger partial charge in [-0.25, -0.2) is 0 Å². The van der Waals surface area contributed by atoms with E-state index in [4.69, 9.17) is 4.74 Å². The summed E-state index contributed by atoms with van der Waals surface area (Å²) in [4.78, 5) is 2.66. The molecule has 1 unspecified atom stereocenters. The van der Waals surface area contributed by atoms with Crippen LogP contribution in [0.5, 0.6) is 5.75 Å². The average Bonchev–Trinajstić information content (AvgIpc) is 3.68. The monoisotopic (exact) mass is 489 g/mol. The van der Waals surface area contributed by atoms with Crippen LogP contribution in [0.4, 0.5) is 5.69 Å². The van der Waals surface area contributed by atoms with Crippen LogP contribution in [0.25, 0.3) is 0 Å². The van der Waals surface area contributed by atoms with Crippen LogP contribution in [-0.2, 0) is 6.42 Å². The number of ether oxygens (including phenoxy) is 1. The first-order valence-corrected chi connectivity index (χ1v) is 14.8. The average molecular weight is 490 g/mol. The van der Waals surface area contributed by atoms with Gasteiger partial charge in [-0.1, -0.05) is 65.8 Å². The van der Waals surface area contributed by atoms with Gasteiger partial charge in [0.2, 0.25) is 0 Å². The highest BCUT2D eigenvalue weighted by molar-refractivity contribution is 5.56. The lowest BCUT2D eigenvalue weighted by Gasteiger charge is -2.35. The molecule has 1 aliphatic heterocycles. The van der Waals surface area contributed by atoms with Crippen molar-refractivity contribution < 1.29 is 4.74 Å². The fourth-order valence-electron chi connectivity index (χ4n) is 5.98. The molecular weight excluding hydrogens is 438 g/mol. The Hall–Kier alpha value is -1.96. The summed E-state index contributed by atoms with van der Waals surface area (Å²) < 4.78 is 6.36. The van der Waals surface area contributed by atoms with Crippen LogP contribution in [0.3, 0.4) is 0 Å². The predicted octanol–water partition coefficient (Wildman–Crippen LogP) is 9.38. The molecule has 2 fully saturated rings. The van der Waals surface area contributed by atoms with Crippen LogP contribution < -0.4 is 9.64 Å². The van der Waals surface area contributed by atoms with E-state index in [1.165, 1.54) is 73.7 Å². The van der Waals surface area contributed by atoms with Gasteiger partial charge in [0.05, 0.1) is 6.61 Å². The molecule has 2 aliphatic rings. The molecule has 1 heterocycles. The Bertz CT molecular complexity index is 959. The van der Waals surface area contributed by atoms with Gasteiger partial charge in [0.15, 0.2) is 0 Å². The molecule has 1 aliphatic carbocycles. The number of nitrogens with zero attached hydrogens (tertiary/aromatic N) is 1. The Morgan fingerprint density at radius 2 is 1.69 bits per heavy atom. The third-order valence-electron chi connectivity index (χ3n) is 8.51. The fourth-order valence-corrected chi connectivity index (χ4v) is 5.98. The molecule has 4 rings (SSSR count). The quantitative estimate of drug-likeness (QED) is 0.312. The predicted molar refractivity (Wildman–Crippen MR) is 156 cm³/mol. The molecule has 0 spiro atoms. The smallest absolute Gasteiger partial charge is 0.119 e. The lowest BCUT2D eigenvalue weighted by Crippen LogP contribution is -2.36. The molecule has 1 saturated heterocycles. The van der Waals surface area contributed by atoms with Crippen molar-refractivity contribution in [3.63, 3.8) is 0 Å². The molecule has 2 aromatic rings. The van der Waals surface area contributed by atoms with Gasteiger partial charge in [-0.3, -0.25) is 0 Å². The van der Waals surface area contributed by atoms with E-state index < -0.39 is 0 Å². The van der Waals surface area contributed by atoms with E-state index in [1.54, 1.807) is 0 Å². The standard InChI is InChI=1S/C34H51NO/c1-7-32(27-13-14-27)30-10-8-12-31(22-30)36-24-26-17-20-35(21-18-26)33-23-29(25(2)3)16-15-28(33)11-9-19-34(4,5)6/h8,10,12,15-16,22-23,25-27,32H,7,9,11,13-14,17-21,24H2,1-6H3. The zero-order chi connectivity index (χ0) is 25.7. The maximum Gasteiger partial charge on any atom is 0.119 e. The van der Waals surface area contributed by atoms with Crippen LogP contribution >= 0.6 is 0 Å². The summed E-state index contributed by atoms with van der Waals surface area (Å²) in [5, 5.41) is 0. The van der Waals surface area contributed by atoms with Crippen molar-refractivity contribution in [2.45, 2.75) is 105 Å². The van der Waals surface area contributed by atoms with Crippen LogP contribution in [0.15, 0.2) is 42.5 Å². The SMILES string of the molecule is CCC(c1cccc(OCC2CCN(c3cc(C(C)C)ccc3CCCC(C)(C)C)CC2)c1)C1CC1. The minimum atomic E-state index is 0.408. The van der Waals surface area contributed by atoms with E-state index in [0.717, 1.165) is 37.3 Å². The van der Waals surface area contributed by atoms with Crippen molar-refractivity contribution >= 4 is 5.69 Å². The Morgan fingerprint density at radius 3 is 2.33 bits per heavy atom. The molecule has 2 aromatic carbocycles. The van der Waals surface area contributed by atoms with E-state index in [0.29, 0.717) is 17.3 Å². The Balaban J connectivity index is 1.34. The number of aryl methyl sites for hydroxylation is 1. The molecular formula is C34H51NO. The Labute approximate surface area is 221 Å². The van der Waals surface area contributed by atoms with Gasteiger partial charge < -0.3 is 9.64 Å². The van der Waals surface area contributed by atoms with Gasteiger partial charge in [0, 0.05) is 18.8 Å². The third kappa shape index (κ3) is 7.53. The maximum atomic E-state index is 6.36. The summed E-state index contributed by atoms with van der Waals surface area (Å²) in [7, 11) is 0. The number of benzene rings is 2. The summed E-state index contributed by atoms with van der Waals surface area (Å²) in [6, 6.07) is 16.2. The molecule has 0 aromatic heterocycles. The second kappa shape index (κ2) is 12.1. The maximum absolute atomic E-state index is 6.36. The molecule has 0 N–H and O–H groups in total. The molecule has 0 bridgehead atoms. The largest absolute Gasteiger partial charge is 0.493 e. The van der Waals surface area contributed by atoms with E-state index in [9.17, 15) is 0 Å². The first-order valence-electron chi connectivity index (χ1n) is 14.8. The lowest BCUT2D eigenvalue weighted by atomic mass is 9.88. The van der Waals surface area contributed by atoms with Crippen molar-refractivity contribution in [3.8, 4) is 5.75 Å². The normalized spacial score (nSPS) is 18.0. The molecule has 2 nitrogen and oxygen atoms in total. The first kappa shape index (κ1) is 27.1. The molecule has 198 valence electrons. The van der Waals surface area contributed by atoms with Crippen LogP contribution in [0, 0.1) is 17.3 Å². The molecule has 1 atom stereocenters. The van der Waals surface area contributed by atoms with Gasteiger partial charge in [-0.15, -0.1) is 0 Å². The number of hydrogen-bond donors (Lipinski definition) is 0. The molecule has 1 saturated carbocycles. The number of piperidine rings is 1. The van der Waals surface area contributed by atoms with Crippen LogP contribution in [-0.4, -0.2) is 19.7 Å². The molecule has 0 amide bonds. The summed E-state index contributed by atoms with van der Waals surface area (Å²) in [5.74, 6) is 3.91. The van der Waals surface area contributed by atoms with Crippen molar-refractivity contribution in [1.82, 2.24) is 0 Å². The van der Waals surface area contributed by atoms with E-state index in [2.05, 4.69) is 88.9 Å². The van der Waals surface area contributed by atoms with E-state index in [1.807, 2.05) is 0 Å². The Morgan fingerprint density at radius 1 is 0.944 bits per heavy atom. The summed E-state index contributed by atoms with van der Waals surface area (Å²) >= 11 is 0. The molecule has 36 heavy (non-hydrogen) atoms. The number of anilines is 1. The zero-order valence-electron chi connectivity index (χ0n) is 24.0. The summed E-state index contributed by atoms with van der Waals surface area (Å²) in [6.07, 6.45) is 10.2. The van der Waals surface area contributed by atoms with E-state index in [-0.39, 0.29) is 0 Å². The number of rotatable bonds is 11. The van der Waals surface area contributed by atoms with Crippen molar-refractivity contribution in [1.29, 1.82) is 0 Å². The number of hydrogen-bond acceptors (Lipinski definition) is 2. The van der Waals surface area contributed by atoms with Crippen molar-refractivity contribution in [2.24, 2.45) is 17.3 Å².